The molecular formula is C17H35N3O. The first-order chi connectivity index (χ1) is 9.94. The van der Waals surface area contributed by atoms with Gasteiger partial charge in [-0.05, 0) is 52.6 Å². The molecule has 1 amide bonds. The number of nitrogens with two attached hydrogens (primary N) is 1. The van der Waals surface area contributed by atoms with E-state index in [1.807, 2.05) is 6.92 Å². The van der Waals surface area contributed by atoms with Crippen LogP contribution in [0.3, 0.4) is 0 Å². The Labute approximate surface area is 130 Å². The van der Waals surface area contributed by atoms with Gasteiger partial charge < -0.3 is 11.1 Å². The maximum absolute atomic E-state index is 11.9. The first-order valence-corrected chi connectivity index (χ1v) is 8.75. The number of carbonyl (C=O) groups is 1. The molecule has 0 saturated heterocycles. The molecule has 1 aliphatic rings. The Balaban J connectivity index is 2.68. The standard InChI is InChI=1S/C17H35N3O/c1-5-12-19-17(4,16(18)21)13-14(3)20(6-2)15-10-8-7-9-11-15/h14-15,19H,5-13H2,1-4H3,(H2,18,21). The van der Waals surface area contributed by atoms with E-state index in [-0.39, 0.29) is 5.91 Å². The van der Waals surface area contributed by atoms with E-state index >= 15 is 0 Å². The van der Waals surface area contributed by atoms with Crippen molar-refractivity contribution in [3.8, 4) is 0 Å². The Morgan fingerprint density at radius 3 is 2.43 bits per heavy atom. The van der Waals surface area contributed by atoms with Crippen LogP contribution < -0.4 is 11.1 Å². The third-order valence-corrected chi connectivity index (χ3v) is 4.99. The monoisotopic (exact) mass is 297 g/mol. The summed E-state index contributed by atoms with van der Waals surface area (Å²) in [7, 11) is 0. The van der Waals surface area contributed by atoms with Crippen LogP contribution in [0.15, 0.2) is 0 Å². The van der Waals surface area contributed by atoms with Crippen molar-refractivity contribution in [1.82, 2.24) is 10.2 Å². The molecule has 1 fully saturated rings. The Hall–Kier alpha value is -0.610. The summed E-state index contributed by atoms with van der Waals surface area (Å²) in [6.45, 7) is 10.4. The fourth-order valence-electron chi connectivity index (χ4n) is 3.71. The SMILES string of the molecule is CCCNC(C)(CC(C)N(CC)C1CCCCC1)C(N)=O. The van der Waals surface area contributed by atoms with Crippen LogP contribution in [0.5, 0.6) is 0 Å². The average Bonchev–Trinajstić information content (AvgIpc) is 2.47. The molecule has 0 aliphatic heterocycles. The predicted molar refractivity (Wildman–Crippen MR) is 89.2 cm³/mol. The molecule has 2 atom stereocenters. The molecule has 0 heterocycles. The fourth-order valence-corrected chi connectivity index (χ4v) is 3.71. The number of nitrogens with one attached hydrogen (secondary N) is 1. The molecule has 0 aromatic rings. The van der Waals surface area contributed by atoms with Crippen molar-refractivity contribution in [1.29, 1.82) is 0 Å². The zero-order chi connectivity index (χ0) is 15.9. The molecule has 0 bridgehead atoms. The number of hydrogen-bond donors (Lipinski definition) is 2. The van der Waals surface area contributed by atoms with Crippen LogP contribution in [0.25, 0.3) is 0 Å². The summed E-state index contributed by atoms with van der Waals surface area (Å²) in [6, 6.07) is 1.06. The van der Waals surface area contributed by atoms with Gasteiger partial charge in [-0.1, -0.05) is 33.1 Å². The van der Waals surface area contributed by atoms with Crippen molar-refractivity contribution in [3.05, 3.63) is 0 Å². The van der Waals surface area contributed by atoms with Crippen LogP contribution in [0, 0.1) is 0 Å². The van der Waals surface area contributed by atoms with Crippen LogP contribution >= 0.6 is 0 Å². The molecule has 1 rings (SSSR count). The molecule has 124 valence electrons. The third kappa shape index (κ3) is 5.26. The van der Waals surface area contributed by atoms with Crippen molar-refractivity contribution in [2.75, 3.05) is 13.1 Å². The Kier molecular flexibility index (Phi) is 7.67. The molecule has 0 spiro atoms. The highest BCUT2D eigenvalue weighted by Crippen LogP contribution is 2.26. The minimum atomic E-state index is -0.600. The number of rotatable bonds is 9. The minimum Gasteiger partial charge on any atom is -0.368 e. The highest BCUT2D eigenvalue weighted by atomic mass is 16.1. The summed E-state index contributed by atoms with van der Waals surface area (Å²) in [6.07, 6.45) is 8.45. The van der Waals surface area contributed by atoms with E-state index in [4.69, 9.17) is 5.73 Å². The van der Waals surface area contributed by atoms with Gasteiger partial charge in [0.2, 0.25) is 5.91 Å². The highest BCUT2D eigenvalue weighted by Gasteiger charge is 2.35. The van der Waals surface area contributed by atoms with Gasteiger partial charge in [0, 0.05) is 12.1 Å². The predicted octanol–water partition coefficient (Wildman–Crippen LogP) is 2.66. The average molecular weight is 297 g/mol. The van der Waals surface area contributed by atoms with Gasteiger partial charge in [-0.15, -0.1) is 0 Å². The zero-order valence-electron chi connectivity index (χ0n) is 14.5. The van der Waals surface area contributed by atoms with Crippen LogP contribution in [0.2, 0.25) is 0 Å². The Bertz CT molecular complexity index is 315. The molecular weight excluding hydrogens is 262 g/mol. The smallest absolute Gasteiger partial charge is 0.237 e. The van der Waals surface area contributed by atoms with E-state index < -0.39 is 5.54 Å². The maximum atomic E-state index is 11.9. The second-order valence-electron chi connectivity index (χ2n) is 6.80. The van der Waals surface area contributed by atoms with E-state index in [9.17, 15) is 4.79 Å². The van der Waals surface area contributed by atoms with Crippen LogP contribution in [0.1, 0.15) is 72.6 Å². The van der Waals surface area contributed by atoms with Gasteiger partial charge in [-0.3, -0.25) is 9.69 Å². The molecule has 0 radical (unpaired) electrons. The Morgan fingerprint density at radius 1 is 1.33 bits per heavy atom. The lowest BCUT2D eigenvalue weighted by atomic mass is 9.88. The third-order valence-electron chi connectivity index (χ3n) is 4.99. The molecule has 0 aromatic carbocycles. The first kappa shape index (κ1) is 18.4. The minimum absolute atomic E-state index is 0.234. The van der Waals surface area contributed by atoms with Gasteiger partial charge in [0.1, 0.15) is 0 Å². The maximum Gasteiger partial charge on any atom is 0.237 e. The lowest BCUT2D eigenvalue weighted by Crippen LogP contribution is -2.57. The van der Waals surface area contributed by atoms with E-state index in [0.29, 0.717) is 12.1 Å². The quantitative estimate of drug-likeness (QED) is 0.688. The summed E-state index contributed by atoms with van der Waals surface area (Å²) in [5, 5.41) is 3.36. The lowest BCUT2D eigenvalue weighted by Gasteiger charge is -2.41. The van der Waals surface area contributed by atoms with E-state index in [2.05, 4.69) is 31.0 Å². The van der Waals surface area contributed by atoms with E-state index in [1.54, 1.807) is 0 Å². The molecule has 1 saturated carbocycles. The Morgan fingerprint density at radius 2 is 1.95 bits per heavy atom. The molecule has 1 aliphatic carbocycles. The van der Waals surface area contributed by atoms with Crippen molar-refractivity contribution in [3.63, 3.8) is 0 Å². The van der Waals surface area contributed by atoms with Gasteiger partial charge in [0.15, 0.2) is 0 Å². The van der Waals surface area contributed by atoms with E-state index in [0.717, 1.165) is 25.9 Å². The largest absolute Gasteiger partial charge is 0.368 e. The number of hydrogen-bond acceptors (Lipinski definition) is 3. The molecule has 3 N–H and O–H groups in total. The first-order valence-electron chi connectivity index (χ1n) is 8.75. The number of primary amides is 1. The van der Waals surface area contributed by atoms with Gasteiger partial charge in [-0.25, -0.2) is 0 Å². The van der Waals surface area contributed by atoms with Crippen molar-refractivity contribution in [2.24, 2.45) is 5.73 Å². The lowest BCUT2D eigenvalue weighted by molar-refractivity contribution is -0.124. The van der Waals surface area contributed by atoms with Crippen LogP contribution in [-0.2, 0) is 4.79 Å². The van der Waals surface area contributed by atoms with Crippen LogP contribution in [-0.4, -0.2) is 41.5 Å². The second-order valence-corrected chi connectivity index (χ2v) is 6.80. The fraction of sp³-hybridized carbons (Fsp3) is 0.941. The highest BCUT2D eigenvalue weighted by molar-refractivity contribution is 5.84. The van der Waals surface area contributed by atoms with Crippen LogP contribution in [0.4, 0.5) is 0 Å². The summed E-state index contributed by atoms with van der Waals surface area (Å²) < 4.78 is 0. The van der Waals surface area contributed by atoms with E-state index in [1.165, 1.54) is 32.1 Å². The molecule has 0 aromatic heterocycles. The van der Waals surface area contributed by atoms with Gasteiger partial charge >= 0.3 is 0 Å². The van der Waals surface area contributed by atoms with Crippen molar-refractivity contribution in [2.45, 2.75) is 90.3 Å². The topological polar surface area (TPSA) is 58.4 Å². The van der Waals surface area contributed by atoms with Gasteiger partial charge in [-0.2, -0.15) is 0 Å². The van der Waals surface area contributed by atoms with Gasteiger partial charge in [0.05, 0.1) is 5.54 Å². The summed E-state index contributed by atoms with van der Waals surface area (Å²) in [4.78, 5) is 14.5. The normalized spacial score (nSPS) is 21.2. The number of carbonyl (C=O) groups excluding carboxylic acids is 1. The molecule has 4 nitrogen and oxygen atoms in total. The molecule has 4 heteroatoms. The second kappa shape index (κ2) is 8.74. The summed E-state index contributed by atoms with van der Waals surface area (Å²) >= 11 is 0. The number of amides is 1. The molecule has 21 heavy (non-hydrogen) atoms. The summed E-state index contributed by atoms with van der Waals surface area (Å²) in [5.41, 5.74) is 5.06. The summed E-state index contributed by atoms with van der Waals surface area (Å²) in [5.74, 6) is -0.234. The molecule has 2 unspecified atom stereocenters. The van der Waals surface area contributed by atoms with Gasteiger partial charge in [0.25, 0.3) is 0 Å². The number of nitrogens with zero attached hydrogens (tertiary/aromatic N) is 1. The van der Waals surface area contributed by atoms with Crippen molar-refractivity contribution >= 4 is 5.91 Å². The van der Waals surface area contributed by atoms with Crippen molar-refractivity contribution < 1.29 is 4.79 Å². The zero-order valence-corrected chi connectivity index (χ0v) is 14.5.